The van der Waals surface area contributed by atoms with Crippen LogP contribution in [0.25, 0.3) is 0 Å². The van der Waals surface area contributed by atoms with Gasteiger partial charge in [0.15, 0.2) is 10.9 Å². The summed E-state index contributed by atoms with van der Waals surface area (Å²) in [7, 11) is 4.25. The minimum absolute atomic E-state index is 0.0465. The maximum absolute atomic E-state index is 11.2. The molecule has 100 valence electrons. The lowest BCUT2D eigenvalue weighted by atomic mass is 9.97. The Labute approximate surface area is 113 Å². The first-order valence-electron chi connectivity index (χ1n) is 6.42. The predicted molar refractivity (Wildman–Crippen MR) is 75.6 cm³/mol. The monoisotopic (exact) mass is 267 g/mol. The second kappa shape index (κ2) is 5.80. The number of nitrogens with zero attached hydrogens (tertiary/aromatic N) is 3. The number of Topliss-reactive ketones (excluding diaryl/α,β-unsaturated/α-hetero) is 1. The summed E-state index contributed by atoms with van der Waals surface area (Å²) in [6, 6.07) is 0. The molecule has 0 saturated carbocycles. The molecular formula is C13H21N3OS. The molecule has 1 aliphatic heterocycles. The van der Waals surface area contributed by atoms with Gasteiger partial charge in [-0.2, -0.15) is 0 Å². The average Bonchev–Trinajstić information content (AvgIpc) is 2.81. The molecule has 1 aromatic heterocycles. The molecule has 0 radical (unpaired) electrons. The van der Waals surface area contributed by atoms with E-state index in [9.17, 15) is 4.79 Å². The summed E-state index contributed by atoms with van der Waals surface area (Å²) in [5.74, 6) is 0.793. The molecule has 0 amide bonds. The van der Waals surface area contributed by atoms with Crippen molar-refractivity contribution in [3.63, 3.8) is 0 Å². The van der Waals surface area contributed by atoms with Crippen LogP contribution in [0.15, 0.2) is 5.38 Å². The molecule has 0 aromatic carbocycles. The van der Waals surface area contributed by atoms with Gasteiger partial charge in [0.2, 0.25) is 0 Å². The van der Waals surface area contributed by atoms with Gasteiger partial charge in [-0.05, 0) is 38.9 Å². The molecule has 0 spiro atoms. The minimum atomic E-state index is 0.0465. The van der Waals surface area contributed by atoms with Gasteiger partial charge in [-0.15, -0.1) is 11.3 Å². The smallest absolute Gasteiger partial charge is 0.185 e. The molecule has 2 rings (SSSR count). The first-order chi connectivity index (χ1) is 8.56. The lowest BCUT2D eigenvalue weighted by Gasteiger charge is -2.31. The van der Waals surface area contributed by atoms with Crippen molar-refractivity contribution in [3.05, 3.63) is 11.1 Å². The minimum Gasteiger partial charge on any atom is -0.351 e. The van der Waals surface area contributed by atoms with Crippen LogP contribution in [0.5, 0.6) is 0 Å². The third-order valence-corrected chi connectivity index (χ3v) is 4.50. The van der Waals surface area contributed by atoms with Gasteiger partial charge in [-0.1, -0.05) is 0 Å². The molecule has 0 N–H and O–H groups in total. The van der Waals surface area contributed by atoms with E-state index >= 15 is 0 Å². The zero-order valence-corrected chi connectivity index (χ0v) is 12.2. The summed E-state index contributed by atoms with van der Waals surface area (Å²) >= 11 is 1.56. The van der Waals surface area contributed by atoms with Gasteiger partial charge in [0.05, 0.1) is 0 Å². The SMILES string of the molecule is CC(=O)c1csc(N(C)CC2CCN(C)CC2)n1. The van der Waals surface area contributed by atoms with Gasteiger partial charge in [0.25, 0.3) is 0 Å². The fourth-order valence-electron chi connectivity index (χ4n) is 2.31. The highest BCUT2D eigenvalue weighted by Crippen LogP contribution is 2.23. The van der Waals surface area contributed by atoms with Gasteiger partial charge in [-0.25, -0.2) is 4.98 Å². The molecule has 1 fully saturated rings. The predicted octanol–water partition coefficient (Wildman–Crippen LogP) is 2.12. The summed E-state index contributed by atoms with van der Waals surface area (Å²) in [4.78, 5) is 20.2. The van der Waals surface area contributed by atoms with Crippen LogP contribution >= 0.6 is 11.3 Å². The fraction of sp³-hybridized carbons (Fsp3) is 0.692. The van der Waals surface area contributed by atoms with Gasteiger partial charge < -0.3 is 9.80 Å². The molecular weight excluding hydrogens is 246 g/mol. The molecule has 1 aliphatic rings. The second-order valence-corrected chi connectivity index (χ2v) is 6.04. The molecule has 0 atom stereocenters. The second-order valence-electron chi connectivity index (χ2n) is 5.20. The zero-order chi connectivity index (χ0) is 13.1. The van der Waals surface area contributed by atoms with Crippen molar-refractivity contribution in [1.82, 2.24) is 9.88 Å². The normalized spacial score (nSPS) is 17.9. The van der Waals surface area contributed by atoms with E-state index in [1.165, 1.54) is 25.9 Å². The standard InChI is InChI=1S/C13H21N3OS/c1-10(17)12-9-18-13(14-12)16(3)8-11-4-6-15(2)7-5-11/h9,11H,4-8H2,1-3H3. The van der Waals surface area contributed by atoms with Crippen molar-refractivity contribution in [2.45, 2.75) is 19.8 Å². The summed E-state index contributed by atoms with van der Waals surface area (Å²) in [5.41, 5.74) is 0.588. The van der Waals surface area contributed by atoms with Crippen LogP contribution in [-0.2, 0) is 0 Å². The van der Waals surface area contributed by atoms with E-state index in [2.05, 4.69) is 28.9 Å². The van der Waals surface area contributed by atoms with E-state index in [1.807, 2.05) is 5.38 Å². The number of hydrogen-bond donors (Lipinski definition) is 0. The Morgan fingerprint density at radius 3 is 2.78 bits per heavy atom. The summed E-state index contributed by atoms with van der Waals surface area (Å²) in [6.07, 6.45) is 2.51. The Morgan fingerprint density at radius 1 is 1.56 bits per heavy atom. The summed E-state index contributed by atoms with van der Waals surface area (Å²) in [6.45, 7) is 4.98. The largest absolute Gasteiger partial charge is 0.351 e. The van der Waals surface area contributed by atoms with Crippen molar-refractivity contribution in [2.24, 2.45) is 5.92 Å². The number of carbonyl (C=O) groups is 1. The van der Waals surface area contributed by atoms with E-state index in [0.717, 1.165) is 17.6 Å². The molecule has 1 aromatic rings. The van der Waals surface area contributed by atoms with Gasteiger partial charge in [-0.3, -0.25) is 4.79 Å². The first-order valence-corrected chi connectivity index (χ1v) is 7.30. The van der Waals surface area contributed by atoms with Crippen molar-refractivity contribution >= 4 is 22.3 Å². The summed E-state index contributed by atoms with van der Waals surface area (Å²) < 4.78 is 0. The number of aromatic nitrogens is 1. The number of carbonyl (C=O) groups excluding carboxylic acids is 1. The number of piperidine rings is 1. The number of rotatable bonds is 4. The molecule has 5 heteroatoms. The van der Waals surface area contributed by atoms with Crippen LogP contribution in [0.1, 0.15) is 30.3 Å². The lowest BCUT2D eigenvalue weighted by molar-refractivity contribution is 0.101. The van der Waals surface area contributed by atoms with E-state index < -0.39 is 0 Å². The van der Waals surface area contributed by atoms with Gasteiger partial charge in [0.1, 0.15) is 5.69 Å². The Hall–Kier alpha value is -0.940. The molecule has 1 saturated heterocycles. The topological polar surface area (TPSA) is 36.4 Å². The van der Waals surface area contributed by atoms with E-state index in [-0.39, 0.29) is 5.78 Å². The van der Waals surface area contributed by atoms with Crippen molar-refractivity contribution in [2.75, 3.05) is 38.6 Å². The van der Waals surface area contributed by atoms with E-state index in [1.54, 1.807) is 18.3 Å². The Kier molecular flexibility index (Phi) is 4.35. The molecule has 4 nitrogen and oxygen atoms in total. The number of thiazole rings is 1. The van der Waals surface area contributed by atoms with Crippen LogP contribution < -0.4 is 4.90 Å². The number of hydrogen-bond acceptors (Lipinski definition) is 5. The highest BCUT2D eigenvalue weighted by Gasteiger charge is 2.19. The van der Waals surface area contributed by atoms with Crippen LogP contribution in [0, 0.1) is 5.92 Å². The lowest BCUT2D eigenvalue weighted by Crippen LogP contribution is -2.35. The molecule has 18 heavy (non-hydrogen) atoms. The Bertz CT molecular complexity index is 410. The van der Waals surface area contributed by atoms with Crippen LogP contribution in [0.4, 0.5) is 5.13 Å². The molecule has 0 aliphatic carbocycles. The third-order valence-electron chi connectivity index (χ3n) is 3.55. The van der Waals surface area contributed by atoms with Crippen LogP contribution in [-0.4, -0.2) is 49.4 Å². The van der Waals surface area contributed by atoms with Crippen molar-refractivity contribution < 1.29 is 4.79 Å². The van der Waals surface area contributed by atoms with E-state index in [0.29, 0.717) is 5.69 Å². The molecule has 2 heterocycles. The molecule has 0 unspecified atom stereocenters. The third kappa shape index (κ3) is 3.29. The van der Waals surface area contributed by atoms with Crippen molar-refractivity contribution in [3.8, 4) is 0 Å². The fourth-order valence-corrected chi connectivity index (χ4v) is 3.15. The average molecular weight is 267 g/mol. The Balaban J connectivity index is 1.90. The summed E-state index contributed by atoms with van der Waals surface area (Å²) in [5, 5.41) is 2.81. The first kappa shape index (κ1) is 13.5. The highest BCUT2D eigenvalue weighted by molar-refractivity contribution is 7.13. The molecule has 0 bridgehead atoms. The van der Waals surface area contributed by atoms with E-state index in [4.69, 9.17) is 0 Å². The van der Waals surface area contributed by atoms with Crippen LogP contribution in [0.2, 0.25) is 0 Å². The zero-order valence-electron chi connectivity index (χ0n) is 11.3. The van der Waals surface area contributed by atoms with Gasteiger partial charge in [0, 0.05) is 25.9 Å². The highest BCUT2D eigenvalue weighted by atomic mass is 32.1. The number of ketones is 1. The quantitative estimate of drug-likeness (QED) is 0.783. The van der Waals surface area contributed by atoms with Crippen LogP contribution in [0.3, 0.4) is 0 Å². The van der Waals surface area contributed by atoms with Crippen molar-refractivity contribution in [1.29, 1.82) is 0 Å². The van der Waals surface area contributed by atoms with Gasteiger partial charge >= 0.3 is 0 Å². The number of likely N-dealkylation sites (tertiary alicyclic amines) is 1. The maximum Gasteiger partial charge on any atom is 0.185 e. The maximum atomic E-state index is 11.2. The Morgan fingerprint density at radius 2 is 2.22 bits per heavy atom. The number of anilines is 1.